The van der Waals surface area contributed by atoms with Crippen molar-refractivity contribution < 1.29 is 17.9 Å². The van der Waals surface area contributed by atoms with Crippen LogP contribution >= 0.6 is 0 Å². The van der Waals surface area contributed by atoms with Crippen molar-refractivity contribution in [2.45, 2.75) is 26.3 Å². The van der Waals surface area contributed by atoms with Gasteiger partial charge >= 0.3 is 6.36 Å². The Balaban J connectivity index is 1.75. The molecule has 0 fully saturated rings. The molecule has 152 valence electrons. The van der Waals surface area contributed by atoms with E-state index in [1.54, 1.807) is 6.07 Å². The Bertz CT molecular complexity index is 826. The average molecular weight is 395 g/mol. The van der Waals surface area contributed by atoms with Crippen molar-refractivity contribution in [3.05, 3.63) is 41.1 Å². The molecule has 2 aromatic rings. The zero-order chi connectivity index (χ0) is 20.3. The molecule has 1 aromatic carbocycles. The summed E-state index contributed by atoms with van der Waals surface area (Å²) in [6.07, 6.45) is -3.96. The lowest BCUT2D eigenvalue weighted by Gasteiger charge is -2.30. The van der Waals surface area contributed by atoms with Gasteiger partial charge in [0.2, 0.25) is 5.95 Å². The fraction of sp³-hybridized carbons (Fsp3) is 0.474. The minimum Gasteiger partial charge on any atom is -0.406 e. The standard InChI is InChI=1S/C19H24F3N5O/c1-13-10-17(25-18(24-13)23-7-9-26(2)3)27-8-6-14-4-5-16(11-15(14)12-27)28-19(20,21)22/h4-5,10-11H,6-9,12H2,1-3H3,(H,23,24,25). The summed E-state index contributed by atoms with van der Waals surface area (Å²) >= 11 is 0. The molecule has 28 heavy (non-hydrogen) atoms. The molecule has 1 aliphatic rings. The van der Waals surface area contributed by atoms with Crippen LogP contribution in [0.25, 0.3) is 0 Å². The molecular weight excluding hydrogens is 371 g/mol. The van der Waals surface area contributed by atoms with Crippen LogP contribution in [0, 0.1) is 6.92 Å². The summed E-state index contributed by atoms with van der Waals surface area (Å²) in [6.45, 7) is 4.68. The summed E-state index contributed by atoms with van der Waals surface area (Å²) in [6, 6.07) is 6.41. The first-order valence-corrected chi connectivity index (χ1v) is 9.06. The molecule has 0 unspecified atom stereocenters. The number of anilines is 2. The first-order valence-electron chi connectivity index (χ1n) is 9.06. The first-order chi connectivity index (χ1) is 13.2. The number of benzene rings is 1. The Hall–Kier alpha value is -2.55. The summed E-state index contributed by atoms with van der Waals surface area (Å²) in [7, 11) is 3.98. The largest absolute Gasteiger partial charge is 0.573 e. The predicted molar refractivity (Wildman–Crippen MR) is 102 cm³/mol. The number of halogens is 3. The van der Waals surface area contributed by atoms with E-state index in [0.29, 0.717) is 12.5 Å². The molecule has 0 amide bonds. The monoisotopic (exact) mass is 395 g/mol. The summed E-state index contributed by atoms with van der Waals surface area (Å²) < 4.78 is 41.5. The molecule has 0 spiro atoms. The van der Waals surface area contributed by atoms with E-state index >= 15 is 0 Å². The maximum atomic E-state index is 12.5. The lowest BCUT2D eigenvalue weighted by molar-refractivity contribution is -0.274. The highest BCUT2D eigenvalue weighted by Crippen LogP contribution is 2.29. The van der Waals surface area contributed by atoms with Gasteiger partial charge in [-0.25, -0.2) is 4.98 Å². The van der Waals surface area contributed by atoms with Gasteiger partial charge in [-0.05, 0) is 50.7 Å². The number of nitrogens with one attached hydrogen (secondary N) is 1. The molecule has 0 atom stereocenters. The number of alkyl halides is 3. The van der Waals surface area contributed by atoms with Crippen molar-refractivity contribution in [2.24, 2.45) is 0 Å². The van der Waals surface area contributed by atoms with Crippen molar-refractivity contribution in [1.29, 1.82) is 0 Å². The van der Waals surface area contributed by atoms with Gasteiger partial charge in [0.1, 0.15) is 11.6 Å². The van der Waals surface area contributed by atoms with Gasteiger partial charge in [-0.1, -0.05) is 6.07 Å². The molecule has 3 rings (SSSR count). The smallest absolute Gasteiger partial charge is 0.406 e. The summed E-state index contributed by atoms with van der Waals surface area (Å²) in [4.78, 5) is 13.1. The Labute approximate surface area is 162 Å². The number of aromatic nitrogens is 2. The molecule has 1 N–H and O–H groups in total. The fourth-order valence-electron chi connectivity index (χ4n) is 3.11. The molecule has 0 bridgehead atoms. The van der Waals surface area contributed by atoms with Crippen LogP contribution in [-0.2, 0) is 13.0 Å². The molecule has 1 aromatic heterocycles. The molecule has 2 heterocycles. The maximum absolute atomic E-state index is 12.5. The number of hydrogen-bond donors (Lipinski definition) is 1. The van der Waals surface area contributed by atoms with Gasteiger partial charge in [-0.15, -0.1) is 13.2 Å². The van der Waals surface area contributed by atoms with E-state index in [2.05, 4.69) is 24.9 Å². The van der Waals surface area contributed by atoms with Crippen LogP contribution in [0.4, 0.5) is 24.9 Å². The van der Waals surface area contributed by atoms with Crippen molar-refractivity contribution in [2.75, 3.05) is 43.9 Å². The number of hydrogen-bond acceptors (Lipinski definition) is 6. The topological polar surface area (TPSA) is 53.5 Å². The second kappa shape index (κ2) is 8.22. The summed E-state index contributed by atoms with van der Waals surface area (Å²) in [5.41, 5.74) is 2.67. The fourth-order valence-corrected chi connectivity index (χ4v) is 3.11. The molecule has 0 aliphatic carbocycles. The van der Waals surface area contributed by atoms with E-state index in [0.717, 1.165) is 48.7 Å². The highest BCUT2D eigenvalue weighted by Gasteiger charge is 2.31. The number of fused-ring (bicyclic) bond motifs is 1. The molecule has 9 heteroatoms. The summed E-state index contributed by atoms with van der Waals surface area (Å²) in [5.74, 6) is 1.11. The van der Waals surface area contributed by atoms with E-state index in [1.807, 2.05) is 32.0 Å². The molecule has 6 nitrogen and oxygen atoms in total. The van der Waals surface area contributed by atoms with Crippen LogP contribution in [0.3, 0.4) is 0 Å². The van der Waals surface area contributed by atoms with E-state index in [9.17, 15) is 13.2 Å². The molecule has 0 saturated heterocycles. The van der Waals surface area contributed by atoms with Crippen molar-refractivity contribution in [1.82, 2.24) is 14.9 Å². The third kappa shape index (κ3) is 5.48. The SMILES string of the molecule is Cc1cc(N2CCc3ccc(OC(F)(F)F)cc3C2)nc(NCCN(C)C)n1. The second-order valence-corrected chi connectivity index (χ2v) is 7.07. The van der Waals surface area contributed by atoms with Crippen LogP contribution in [0.15, 0.2) is 24.3 Å². The van der Waals surface area contributed by atoms with Crippen LogP contribution < -0.4 is 15.0 Å². The van der Waals surface area contributed by atoms with Gasteiger partial charge in [0, 0.05) is 37.9 Å². The van der Waals surface area contributed by atoms with Crippen molar-refractivity contribution in [3.8, 4) is 5.75 Å². The Morgan fingerprint density at radius 2 is 1.96 bits per heavy atom. The van der Waals surface area contributed by atoms with Crippen molar-refractivity contribution in [3.63, 3.8) is 0 Å². The average Bonchev–Trinajstić information content (AvgIpc) is 2.59. The van der Waals surface area contributed by atoms with Gasteiger partial charge in [-0.3, -0.25) is 0 Å². The Morgan fingerprint density at radius 1 is 1.18 bits per heavy atom. The third-order valence-electron chi connectivity index (χ3n) is 4.43. The van der Waals surface area contributed by atoms with E-state index in [4.69, 9.17) is 0 Å². The second-order valence-electron chi connectivity index (χ2n) is 7.07. The highest BCUT2D eigenvalue weighted by atomic mass is 19.4. The zero-order valence-corrected chi connectivity index (χ0v) is 16.2. The van der Waals surface area contributed by atoms with Crippen LogP contribution in [0.5, 0.6) is 5.75 Å². The number of likely N-dealkylation sites (N-methyl/N-ethyl adjacent to an activating group) is 1. The van der Waals surface area contributed by atoms with Crippen LogP contribution in [0.1, 0.15) is 16.8 Å². The lowest BCUT2D eigenvalue weighted by Crippen LogP contribution is -2.31. The van der Waals surface area contributed by atoms with Gasteiger partial charge in [0.15, 0.2) is 0 Å². The lowest BCUT2D eigenvalue weighted by atomic mass is 9.99. The number of nitrogens with zero attached hydrogens (tertiary/aromatic N) is 4. The summed E-state index contributed by atoms with van der Waals surface area (Å²) in [5, 5.41) is 3.21. The minimum atomic E-state index is -4.69. The van der Waals surface area contributed by atoms with Gasteiger partial charge < -0.3 is 19.9 Å². The molecular formula is C19H24F3N5O. The molecule has 0 saturated carbocycles. The van der Waals surface area contributed by atoms with E-state index in [1.165, 1.54) is 12.1 Å². The van der Waals surface area contributed by atoms with E-state index in [-0.39, 0.29) is 5.75 Å². The van der Waals surface area contributed by atoms with E-state index < -0.39 is 6.36 Å². The van der Waals surface area contributed by atoms with Crippen LogP contribution in [-0.4, -0.2) is 55.0 Å². The normalized spacial score (nSPS) is 14.2. The number of aryl methyl sites for hydroxylation is 1. The molecule has 0 radical (unpaired) electrons. The first kappa shape index (κ1) is 20.2. The minimum absolute atomic E-state index is 0.196. The Morgan fingerprint density at radius 3 is 2.68 bits per heavy atom. The number of ether oxygens (including phenoxy) is 1. The predicted octanol–water partition coefficient (Wildman–Crippen LogP) is 3.22. The Kier molecular flexibility index (Phi) is 5.93. The third-order valence-corrected chi connectivity index (χ3v) is 4.43. The zero-order valence-electron chi connectivity index (χ0n) is 16.2. The quantitative estimate of drug-likeness (QED) is 0.811. The number of rotatable bonds is 6. The molecule has 1 aliphatic heterocycles. The van der Waals surface area contributed by atoms with Gasteiger partial charge in [0.05, 0.1) is 0 Å². The van der Waals surface area contributed by atoms with Crippen LogP contribution in [0.2, 0.25) is 0 Å². The maximum Gasteiger partial charge on any atom is 0.573 e. The highest BCUT2D eigenvalue weighted by molar-refractivity contribution is 5.49. The van der Waals surface area contributed by atoms with Gasteiger partial charge in [-0.2, -0.15) is 4.98 Å². The van der Waals surface area contributed by atoms with Crippen molar-refractivity contribution >= 4 is 11.8 Å². The van der Waals surface area contributed by atoms with Gasteiger partial charge in [0.25, 0.3) is 0 Å².